The van der Waals surface area contributed by atoms with E-state index in [1.165, 1.54) is 16.5 Å². The summed E-state index contributed by atoms with van der Waals surface area (Å²) in [5.74, 6) is 0. The van der Waals surface area contributed by atoms with Crippen LogP contribution in [0.25, 0.3) is 55.1 Å². The van der Waals surface area contributed by atoms with Crippen molar-refractivity contribution in [3.05, 3.63) is 103 Å². The van der Waals surface area contributed by atoms with Crippen molar-refractivity contribution < 1.29 is 4.42 Å². The topological polar surface area (TPSA) is 26.0 Å². The molecular weight excluding hydrogens is 402 g/mol. The van der Waals surface area contributed by atoms with Gasteiger partial charge in [0.1, 0.15) is 11.2 Å². The molecule has 0 aliphatic heterocycles. The molecule has 0 radical (unpaired) electrons. The third-order valence-corrected chi connectivity index (χ3v) is 6.51. The molecule has 0 fully saturated rings. The largest absolute Gasteiger partial charge is 0.455 e. The Morgan fingerprint density at radius 1 is 0.636 bits per heavy atom. The van der Waals surface area contributed by atoms with Crippen LogP contribution in [0.4, 0.5) is 0 Å². The molecule has 33 heavy (non-hydrogen) atoms. The SMILES string of the molecule is CC(C)(C)c1ccc(-c2ccnc(-c3cccc4c3oc3c5ccccc5ccc43)c2)cc1. The molecule has 0 spiro atoms. The first kappa shape index (κ1) is 19.8. The second kappa shape index (κ2) is 7.31. The molecule has 2 heterocycles. The van der Waals surface area contributed by atoms with Crippen LogP contribution < -0.4 is 0 Å². The molecule has 0 atom stereocenters. The number of hydrogen-bond donors (Lipinski definition) is 0. The number of furan rings is 1. The molecule has 0 N–H and O–H groups in total. The maximum absolute atomic E-state index is 6.51. The molecule has 0 saturated heterocycles. The quantitative estimate of drug-likeness (QED) is 0.276. The predicted octanol–water partition coefficient (Wildman–Crippen LogP) is 8.77. The smallest absolute Gasteiger partial charge is 0.144 e. The number of rotatable bonds is 2. The minimum absolute atomic E-state index is 0.142. The average molecular weight is 428 g/mol. The van der Waals surface area contributed by atoms with E-state index >= 15 is 0 Å². The molecule has 0 bridgehead atoms. The van der Waals surface area contributed by atoms with E-state index in [1.807, 2.05) is 6.20 Å². The van der Waals surface area contributed by atoms with Crippen LogP contribution in [0.1, 0.15) is 26.3 Å². The summed E-state index contributed by atoms with van der Waals surface area (Å²) in [7, 11) is 0. The van der Waals surface area contributed by atoms with Gasteiger partial charge >= 0.3 is 0 Å². The molecule has 6 rings (SSSR count). The fraction of sp³-hybridized carbons (Fsp3) is 0.129. The molecule has 0 amide bonds. The number of nitrogens with zero attached hydrogens (tertiary/aromatic N) is 1. The van der Waals surface area contributed by atoms with E-state index in [0.717, 1.165) is 44.1 Å². The Morgan fingerprint density at radius 2 is 1.39 bits per heavy atom. The average Bonchev–Trinajstić information content (AvgIpc) is 3.23. The zero-order valence-electron chi connectivity index (χ0n) is 19.1. The van der Waals surface area contributed by atoms with Gasteiger partial charge in [0.05, 0.1) is 5.69 Å². The Labute approximate surface area is 193 Å². The number of fused-ring (bicyclic) bond motifs is 5. The Kier molecular flexibility index (Phi) is 4.38. The molecule has 2 aromatic heterocycles. The first-order valence-corrected chi connectivity index (χ1v) is 11.4. The summed E-state index contributed by atoms with van der Waals surface area (Å²) in [6.07, 6.45) is 1.89. The molecule has 6 aromatic rings. The highest BCUT2D eigenvalue weighted by Gasteiger charge is 2.16. The van der Waals surface area contributed by atoms with Gasteiger partial charge in [-0.1, -0.05) is 87.5 Å². The molecule has 0 aliphatic rings. The van der Waals surface area contributed by atoms with Gasteiger partial charge in [-0.15, -0.1) is 0 Å². The standard InChI is InChI=1S/C31H25NO/c1-31(2,3)23-14-11-20(12-15-23)22-17-18-32-28(19-22)27-10-6-9-25-26-16-13-21-7-4-5-8-24(21)29(26)33-30(25)27/h4-19H,1-3H3. The molecule has 0 saturated carbocycles. The van der Waals surface area contributed by atoms with Gasteiger partial charge in [0.2, 0.25) is 0 Å². The van der Waals surface area contributed by atoms with E-state index in [1.54, 1.807) is 0 Å². The summed E-state index contributed by atoms with van der Waals surface area (Å²) in [5.41, 5.74) is 7.57. The highest BCUT2D eigenvalue weighted by Crippen LogP contribution is 2.38. The maximum atomic E-state index is 6.51. The molecule has 2 nitrogen and oxygen atoms in total. The first-order valence-electron chi connectivity index (χ1n) is 11.4. The van der Waals surface area contributed by atoms with Crippen LogP contribution in [0, 0.1) is 0 Å². The molecule has 0 unspecified atom stereocenters. The number of para-hydroxylation sites is 1. The summed E-state index contributed by atoms with van der Waals surface area (Å²) < 4.78 is 6.51. The molecular formula is C31H25NO. The fourth-order valence-electron chi connectivity index (χ4n) is 4.65. The second-order valence-corrected chi connectivity index (χ2v) is 9.70. The Balaban J connectivity index is 1.50. The summed E-state index contributed by atoms with van der Waals surface area (Å²) in [5, 5.41) is 4.58. The van der Waals surface area contributed by atoms with Gasteiger partial charge in [-0.05, 0) is 51.8 Å². The number of hydrogen-bond acceptors (Lipinski definition) is 2. The summed E-state index contributed by atoms with van der Waals surface area (Å²) in [6, 6.07) is 32.1. The van der Waals surface area contributed by atoms with Gasteiger partial charge in [-0.25, -0.2) is 0 Å². The molecule has 2 heteroatoms. The Bertz CT molecular complexity index is 1630. The lowest BCUT2D eigenvalue weighted by Crippen LogP contribution is -2.10. The van der Waals surface area contributed by atoms with Gasteiger partial charge in [-0.3, -0.25) is 4.98 Å². The minimum Gasteiger partial charge on any atom is -0.455 e. The molecule has 160 valence electrons. The number of aromatic nitrogens is 1. The Morgan fingerprint density at radius 3 is 2.21 bits per heavy atom. The first-order chi connectivity index (χ1) is 16.0. The van der Waals surface area contributed by atoms with Crippen molar-refractivity contribution in [3.63, 3.8) is 0 Å². The van der Waals surface area contributed by atoms with Crippen LogP contribution in [0.2, 0.25) is 0 Å². The number of pyridine rings is 1. The summed E-state index contributed by atoms with van der Waals surface area (Å²) >= 11 is 0. The molecule has 4 aromatic carbocycles. The van der Waals surface area contributed by atoms with Crippen LogP contribution in [0.3, 0.4) is 0 Å². The Hall–Kier alpha value is -3.91. The van der Waals surface area contributed by atoms with Crippen LogP contribution in [0.5, 0.6) is 0 Å². The van der Waals surface area contributed by atoms with Crippen LogP contribution in [-0.4, -0.2) is 4.98 Å². The van der Waals surface area contributed by atoms with E-state index in [-0.39, 0.29) is 5.41 Å². The number of benzene rings is 4. The maximum Gasteiger partial charge on any atom is 0.144 e. The van der Waals surface area contributed by atoms with E-state index in [0.29, 0.717) is 0 Å². The van der Waals surface area contributed by atoms with E-state index in [9.17, 15) is 0 Å². The zero-order valence-corrected chi connectivity index (χ0v) is 19.1. The van der Waals surface area contributed by atoms with E-state index in [4.69, 9.17) is 9.40 Å². The van der Waals surface area contributed by atoms with Crippen molar-refractivity contribution in [3.8, 4) is 22.4 Å². The van der Waals surface area contributed by atoms with Gasteiger partial charge in [-0.2, -0.15) is 0 Å². The minimum atomic E-state index is 0.142. The van der Waals surface area contributed by atoms with Crippen molar-refractivity contribution in [2.45, 2.75) is 26.2 Å². The van der Waals surface area contributed by atoms with Crippen LogP contribution >= 0.6 is 0 Å². The van der Waals surface area contributed by atoms with Gasteiger partial charge in [0.15, 0.2) is 0 Å². The predicted molar refractivity (Wildman–Crippen MR) is 139 cm³/mol. The van der Waals surface area contributed by atoms with Gasteiger partial charge < -0.3 is 4.42 Å². The summed E-state index contributed by atoms with van der Waals surface area (Å²) in [4.78, 5) is 4.71. The van der Waals surface area contributed by atoms with Crippen LogP contribution in [-0.2, 0) is 5.41 Å². The van der Waals surface area contributed by atoms with Crippen molar-refractivity contribution in [2.75, 3.05) is 0 Å². The third kappa shape index (κ3) is 3.30. The van der Waals surface area contributed by atoms with Crippen molar-refractivity contribution in [1.29, 1.82) is 0 Å². The fourth-order valence-corrected chi connectivity index (χ4v) is 4.65. The van der Waals surface area contributed by atoms with Crippen molar-refractivity contribution >= 4 is 32.7 Å². The van der Waals surface area contributed by atoms with E-state index in [2.05, 4.69) is 112 Å². The van der Waals surface area contributed by atoms with E-state index < -0.39 is 0 Å². The van der Waals surface area contributed by atoms with Crippen molar-refractivity contribution in [1.82, 2.24) is 4.98 Å². The lowest BCUT2D eigenvalue weighted by molar-refractivity contribution is 0.590. The van der Waals surface area contributed by atoms with Gasteiger partial charge in [0, 0.05) is 27.9 Å². The summed E-state index contributed by atoms with van der Waals surface area (Å²) in [6.45, 7) is 6.72. The normalized spacial score (nSPS) is 12.1. The highest BCUT2D eigenvalue weighted by atomic mass is 16.3. The molecule has 0 aliphatic carbocycles. The monoisotopic (exact) mass is 427 g/mol. The van der Waals surface area contributed by atoms with Gasteiger partial charge in [0.25, 0.3) is 0 Å². The highest BCUT2D eigenvalue weighted by molar-refractivity contribution is 6.17. The second-order valence-electron chi connectivity index (χ2n) is 9.70. The lowest BCUT2D eigenvalue weighted by Gasteiger charge is -2.19. The third-order valence-electron chi connectivity index (χ3n) is 6.51. The zero-order chi connectivity index (χ0) is 22.6. The van der Waals surface area contributed by atoms with Crippen molar-refractivity contribution in [2.24, 2.45) is 0 Å². The lowest BCUT2D eigenvalue weighted by atomic mass is 9.86. The van der Waals surface area contributed by atoms with Crippen LogP contribution in [0.15, 0.2) is 102 Å².